The van der Waals surface area contributed by atoms with Crippen LogP contribution < -0.4 is 4.72 Å². The van der Waals surface area contributed by atoms with E-state index >= 15 is 0 Å². The van der Waals surface area contributed by atoms with Crippen molar-refractivity contribution in [1.82, 2.24) is 19.7 Å². The Bertz CT molecular complexity index is 1520. The number of nitrogens with zero attached hydrogens (tertiary/aromatic N) is 4. The number of carbonyl (C=O) groups is 2. The maximum atomic E-state index is 13.3. The zero-order chi connectivity index (χ0) is 25.8. The summed E-state index contributed by atoms with van der Waals surface area (Å²) in [5.41, 5.74) is 6.27. The van der Waals surface area contributed by atoms with Crippen LogP contribution in [0, 0.1) is 0 Å². The summed E-state index contributed by atoms with van der Waals surface area (Å²) in [6.45, 7) is 0. The molecule has 2 amide bonds. The summed E-state index contributed by atoms with van der Waals surface area (Å²) in [4.78, 5) is 34.0. The summed E-state index contributed by atoms with van der Waals surface area (Å²) in [5.74, 6) is -0.721. The largest absolute Gasteiger partial charge is 0.275 e. The second kappa shape index (κ2) is 10.8. The van der Waals surface area contributed by atoms with Crippen LogP contribution in [0.1, 0.15) is 36.4 Å². The lowest BCUT2D eigenvalue weighted by molar-refractivity contribution is -0.134. The van der Waals surface area contributed by atoms with E-state index in [4.69, 9.17) is 5.10 Å². The molecule has 0 radical (unpaired) electrons. The summed E-state index contributed by atoms with van der Waals surface area (Å²) >= 11 is 0. The molecule has 1 aliphatic heterocycles. The monoisotopic (exact) mass is 511 g/mol. The maximum absolute atomic E-state index is 13.3. The molecule has 1 N–H and O–H groups in total. The quantitative estimate of drug-likeness (QED) is 0.401. The van der Waals surface area contributed by atoms with E-state index in [1.165, 1.54) is 11.3 Å². The molecule has 3 aromatic carbocycles. The van der Waals surface area contributed by atoms with Gasteiger partial charge in [-0.2, -0.15) is 5.10 Å². The van der Waals surface area contributed by atoms with Gasteiger partial charge in [0.2, 0.25) is 11.8 Å². The van der Waals surface area contributed by atoms with Gasteiger partial charge in [-0.05, 0) is 40.5 Å². The minimum absolute atomic E-state index is 0.0479. The molecule has 0 spiro atoms. The molecule has 2 unspecified atom stereocenters. The molecular formula is C28H25N5O3S. The third-order valence-electron chi connectivity index (χ3n) is 6.17. The van der Waals surface area contributed by atoms with Gasteiger partial charge in [0, 0.05) is 37.9 Å². The fourth-order valence-electron chi connectivity index (χ4n) is 4.42. The van der Waals surface area contributed by atoms with Crippen LogP contribution in [0.3, 0.4) is 0 Å². The molecule has 5 rings (SSSR count). The summed E-state index contributed by atoms with van der Waals surface area (Å²) in [5, 5.41) is 6.21. The van der Waals surface area contributed by atoms with E-state index in [0.717, 1.165) is 39.0 Å². The summed E-state index contributed by atoms with van der Waals surface area (Å²) in [6, 6.07) is 23.6. The molecule has 186 valence electrons. The number of amides is 2. The van der Waals surface area contributed by atoms with E-state index in [9.17, 15) is 13.8 Å². The molecular weight excluding hydrogens is 486 g/mol. The van der Waals surface area contributed by atoms with Gasteiger partial charge in [0.25, 0.3) is 0 Å². The highest BCUT2D eigenvalue weighted by Gasteiger charge is 2.33. The maximum Gasteiger partial charge on any atom is 0.243 e. The van der Waals surface area contributed by atoms with Crippen LogP contribution in [0.5, 0.6) is 0 Å². The number of hydrogen-bond acceptors (Lipinski definition) is 6. The van der Waals surface area contributed by atoms with Crippen LogP contribution >= 0.6 is 0 Å². The highest BCUT2D eigenvalue weighted by molar-refractivity contribution is 7.82. The molecule has 0 fully saturated rings. The highest BCUT2D eigenvalue weighted by Crippen LogP contribution is 2.35. The smallest absolute Gasteiger partial charge is 0.243 e. The zero-order valence-electron chi connectivity index (χ0n) is 20.2. The van der Waals surface area contributed by atoms with Crippen molar-refractivity contribution >= 4 is 39.5 Å². The SMILES string of the molecule is CS(=O)NC(=O)CCC(=O)N1N=C(c2cccc(-c3ccccc3)c2)CC1c1ccc2nccnc2c1. The molecule has 0 saturated carbocycles. The molecule has 9 heteroatoms. The first-order valence-corrected chi connectivity index (χ1v) is 13.4. The van der Waals surface area contributed by atoms with Crippen molar-refractivity contribution in [3.05, 3.63) is 96.3 Å². The van der Waals surface area contributed by atoms with Crippen molar-refractivity contribution in [1.29, 1.82) is 0 Å². The van der Waals surface area contributed by atoms with Crippen molar-refractivity contribution in [3.63, 3.8) is 0 Å². The Balaban J connectivity index is 1.46. The first kappa shape index (κ1) is 24.5. The van der Waals surface area contributed by atoms with Gasteiger partial charge in [0.1, 0.15) is 11.0 Å². The Kier molecular flexibility index (Phi) is 7.14. The predicted molar refractivity (Wildman–Crippen MR) is 144 cm³/mol. The van der Waals surface area contributed by atoms with Gasteiger partial charge in [-0.3, -0.25) is 24.3 Å². The van der Waals surface area contributed by atoms with Crippen molar-refractivity contribution in [2.24, 2.45) is 5.10 Å². The van der Waals surface area contributed by atoms with Crippen molar-refractivity contribution in [3.8, 4) is 11.1 Å². The van der Waals surface area contributed by atoms with Crippen molar-refractivity contribution in [2.45, 2.75) is 25.3 Å². The number of rotatable bonds is 7. The Labute approximate surface area is 217 Å². The first-order chi connectivity index (χ1) is 18.0. The molecule has 2 atom stereocenters. The van der Waals surface area contributed by atoms with E-state index in [2.05, 4.69) is 32.9 Å². The third kappa shape index (κ3) is 5.62. The lowest BCUT2D eigenvalue weighted by Gasteiger charge is -2.22. The normalized spacial score (nSPS) is 15.9. The summed E-state index contributed by atoms with van der Waals surface area (Å²) in [7, 11) is -1.48. The number of hydrazone groups is 1. The first-order valence-electron chi connectivity index (χ1n) is 11.9. The zero-order valence-corrected chi connectivity index (χ0v) is 21.0. The summed E-state index contributed by atoms with van der Waals surface area (Å²) in [6.07, 6.45) is 5.05. The Morgan fingerprint density at radius 2 is 1.62 bits per heavy atom. The second-order valence-electron chi connectivity index (χ2n) is 8.74. The molecule has 1 aliphatic rings. The summed E-state index contributed by atoms with van der Waals surface area (Å²) < 4.78 is 13.6. The van der Waals surface area contributed by atoms with Crippen molar-refractivity contribution < 1.29 is 13.8 Å². The standard InChI is InChI=1S/C28H25N5O3S/c1-37(36)32-27(34)12-13-28(35)33-26(22-10-11-23-25(17-22)30-15-14-29-23)18-24(31-33)21-9-5-8-20(16-21)19-6-3-2-4-7-19/h2-11,14-17,26H,12-13,18H2,1H3,(H,32,34). The van der Waals surface area contributed by atoms with Crippen LogP contribution in [0.25, 0.3) is 22.2 Å². The van der Waals surface area contributed by atoms with Crippen LogP contribution in [-0.2, 0) is 20.6 Å². The van der Waals surface area contributed by atoms with Gasteiger partial charge in [-0.25, -0.2) is 9.22 Å². The minimum Gasteiger partial charge on any atom is -0.275 e. The lowest BCUT2D eigenvalue weighted by Crippen LogP contribution is -2.30. The molecule has 2 heterocycles. The van der Waals surface area contributed by atoms with Gasteiger partial charge < -0.3 is 0 Å². The Hall–Kier alpha value is -4.24. The highest BCUT2D eigenvalue weighted by atomic mass is 32.2. The fourth-order valence-corrected chi connectivity index (χ4v) is 4.84. The molecule has 0 bridgehead atoms. The van der Waals surface area contributed by atoms with Gasteiger partial charge in [-0.15, -0.1) is 0 Å². The Morgan fingerprint density at radius 1 is 0.892 bits per heavy atom. The van der Waals surface area contributed by atoms with Crippen LogP contribution in [0.4, 0.5) is 0 Å². The van der Waals surface area contributed by atoms with Gasteiger partial charge in [-0.1, -0.05) is 54.6 Å². The van der Waals surface area contributed by atoms with E-state index in [1.54, 1.807) is 12.4 Å². The van der Waals surface area contributed by atoms with Gasteiger partial charge in [0.05, 0.1) is 22.8 Å². The lowest BCUT2D eigenvalue weighted by atomic mass is 9.95. The van der Waals surface area contributed by atoms with Gasteiger partial charge >= 0.3 is 0 Å². The van der Waals surface area contributed by atoms with Crippen molar-refractivity contribution in [2.75, 3.05) is 6.26 Å². The number of aromatic nitrogens is 2. The fraction of sp³-hybridized carbons (Fsp3) is 0.179. The number of hydrogen-bond donors (Lipinski definition) is 1. The molecule has 8 nitrogen and oxygen atoms in total. The topological polar surface area (TPSA) is 105 Å². The van der Waals surface area contributed by atoms with Crippen LogP contribution in [0.2, 0.25) is 0 Å². The van der Waals surface area contributed by atoms with E-state index in [1.807, 2.05) is 54.6 Å². The van der Waals surface area contributed by atoms with Gasteiger partial charge in [0.15, 0.2) is 0 Å². The van der Waals surface area contributed by atoms with E-state index < -0.39 is 16.9 Å². The number of benzene rings is 3. The number of carbonyl (C=O) groups excluding carboxylic acids is 2. The molecule has 1 aromatic heterocycles. The predicted octanol–water partition coefficient (Wildman–Crippen LogP) is 4.16. The minimum atomic E-state index is -1.48. The molecule has 4 aromatic rings. The third-order valence-corrected chi connectivity index (χ3v) is 6.69. The molecule has 0 saturated heterocycles. The number of fused-ring (bicyclic) bond motifs is 1. The average molecular weight is 512 g/mol. The number of nitrogens with one attached hydrogen (secondary N) is 1. The van der Waals surface area contributed by atoms with E-state index in [0.29, 0.717) is 6.42 Å². The van der Waals surface area contributed by atoms with E-state index in [-0.39, 0.29) is 24.8 Å². The average Bonchev–Trinajstić information content (AvgIpc) is 3.37. The second-order valence-corrected chi connectivity index (χ2v) is 9.85. The molecule has 0 aliphatic carbocycles. The Morgan fingerprint density at radius 3 is 2.41 bits per heavy atom. The van der Waals surface area contributed by atoms with Crippen LogP contribution in [0.15, 0.2) is 90.3 Å². The van der Waals surface area contributed by atoms with Crippen LogP contribution in [-0.4, -0.2) is 43.0 Å². The molecule has 37 heavy (non-hydrogen) atoms.